The van der Waals surface area contributed by atoms with Crippen LogP contribution in [0, 0.1) is 0 Å². The van der Waals surface area contributed by atoms with Crippen molar-refractivity contribution in [2.45, 2.75) is 6.42 Å². The molecule has 0 unspecified atom stereocenters. The second-order valence-corrected chi connectivity index (χ2v) is 2.45. The van der Waals surface area contributed by atoms with E-state index in [1.165, 1.54) is 5.54 Å². The van der Waals surface area contributed by atoms with Crippen molar-refractivity contribution >= 4 is 11.6 Å². The van der Waals surface area contributed by atoms with Gasteiger partial charge in [0.15, 0.2) is 0 Å². The van der Waals surface area contributed by atoms with E-state index in [2.05, 4.69) is 0 Å². The zero-order valence-corrected chi connectivity index (χ0v) is 6.75. The SMILES string of the molecule is Oc1ccccc1CC=CCl. The molecule has 0 amide bonds. The third-order valence-electron chi connectivity index (χ3n) is 1.42. The first-order chi connectivity index (χ1) is 5.34. The number of aromatic hydroxyl groups is 1. The Bertz CT molecular complexity index is 255. The zero-order chi connectivity index (χ0) is 8.10. The molecule has 0 aliphatic carbocycles. The first kappa shape index (κ1) is 8.15. The van der Waals surface area contributed by atoms with E-state index in [1.807, 2.05) is 12.1 Å². The Morgan fingerprint density at radius 3 is 2.73 bits per heavy atom. The highest BCUT2D eigenvalue weighted by atomic mass is 35.5. The molecule has 2 heteroatoms. The number of phenols is 1. The summed E-state index contributed by atoms with van der Waals surface area (Å²) in [6.07, 6.45) is 2.47. The van der Waals surface area contributed by atoms with Gasteiger partial charge in [-0.05, 0) is 18.1 Å². The van der Waals surface area contributed by atoms with Crippen LogP contribution in [0.2, 0.25) is 0 Å². The van der Waals surface area contributed by atoms with Gasteiger partial charge in [-0.25, -0.2) is 0 Å². The number of phenolic OH excluding ortho intramolecular Hbond substituents is 1. The molecule has 11 heavy (non-hydrogen) atoms. The minimum Gasteiger partial charge on any atom is -0.508 e. The average molecular weight is 169 g/mol. The van der Waals surface area contributed by atoms with E-state index in [4.69, 9.17) is 11.6 Å². The van der Waals surface area contributed by atoms with Crippen LogP contribution in [-0.4, -0.2) is 5.11 Å². The van der Waals surface area contributed by atoms with Gasteiger partial charge < -0.3 is 5.11 Å². The molecule has 58 valence electrons. The van der Waals surface area contributed by atoms with Crippen LogP contribution in [0.3, 0.4) is 0 Å². The second-order valence-electron chi connectivity index (χ2n) is 2.19. The Morgan fingerprint density at radius 2 is 2.09 bits per heavy atom. The molecule has 0 spiro atoms. The van der Waals surface area contributed by atoms with E-state index >= 15 is 0 Å². The van der Waals surface area contributed by atoms with Crippen LogP contribution in [0.25, 0.3) is 0 Å². The molecule has 1 aromatic rings. The van der Waals surface area contributed by atoms with E-state index < -0.39 is 0 Å². The first-order valence-electron chi connectivity index (χ1n) is 3.36. The second kappa shape index (κ2) is 4.04. The van der Waals surface area contributed by atoms with E-state index in [0.717, 1.165) is 5.56 Å². The number of benzene rings is 1. The van der Waals surface area contributed by atoms with Gasteiger partial charge in [0.05, 0.1) is 0 Å². The van der Waals surface area contributed by atoms with Crippen LogP contribution in [0.15, 0.2) is 35.9 Å². The molecule has 1 N–H and O–H groups in total. The van der Waals surface area contributed by atoms with Gasteiger partial charge in [0.25, 0.3) is 0 Å². The Hall–Kier alpha value is -0.950. The minimum atomic E-state index is 0.322. The predicted octanol–water partition coefficient (Wildman–Crippen LogP) is 2.69. The Balaban J connectivity index is 2.77. The summed E-state index contributed by atoms with van der Waals surface area (Å²) < 4.78 is 0. The zero-order valence-electron chi connectivity index (χ0n) is 6.00. The van der Waals surface area contributed by atoms with Crippen LogP contribution in [0.4, 0.5) is 0 Å². The number of rotatable bonds is 2. The maximum atomic E-state index is 9.26. The molecule has 0 saturated carbocycles. The Kier molecular flexibility index (Phi) is 2.99. The van der Waals surface area contributed by atoms with Crippen molar-refractivity contribution in [3.63, 3.8) is 0 Å². The Morgan fingerprint density at radius 1 is 1.36 bits per heavy atom. The predicted molar refractivity (Wildman–Crippen MR) is 46.8 cm³/mol. The lowest BCUT2D eigenvalue weighted by Gasteiger charge is -1.98. The van der Waals surface area contributed by atoms with Crippen molar-refractivity contribution in [2.24, 2.45) is 0 Å². The molecule has 0 aliphatic rings. The van der Waals surface area contributed by atoms with Gasteiger partial charge in [-0.15, -0.1) is 0 Å². The highest BCUT2D eigenvalue weighted by molar-refractivity contribution is 6.25. The lowest BCUT2D eigenvalue weighted by atomic mass is 10.1. The highest BCUT2D eigenvalue weighted by Crippen LogP contribution is 2.16. The van der Waals surface area contributed by atoms with E-state index in [9.17, 15) is 5.11 Å². The van der Waals surface area contributed by atoms with E-state index in [1.54, 1.807) is 18.2 Å². The number of para-hydroxylation sites is 1. The average Bonchev–Trinajstić information content (AvgIpc) is 2.03. The summed E-state index contributed by atoms with van der Waals surface area (Å²) in [6.45, 7) is 0. The smallest absolute Gasteiger partial charge is 0.119 e. The number of hydrogen-bond donors (Lipinski definition) is 1. The molecule has 0 heterocycles. The molecule has 0 atom stereocenters. The molecule has 0 aromatic heterocycles. The third kappa shape index (κ3) is 2.28. The molecule has 1 rings (SSSR count). The van der Waals surface area contributed by atoms with Crippen molar-refractivity contribution in [2.75, 3.05) is 0 Å². The van der Waals surface area contributed by atoms with Gasteiger partial charge in [-0.3, -0.25) is 0 Å². The Labute approximate surface area is 70.9 Å². The van der Waals surface area contributed by atoms with Crippen LogP contribution in [0.1, 0.15) is 5.56 Å². The fourth-order valence-electron chi connectivity index (χ4n) is 0.855. The van der Waals surface area contributed by atoms with Crippen LogP contribution < -0.4 is 0 Å². The van der Waals surface area contributed by atoms with Gasteiger partial charge in [0.2, 0.25) is 0 Å². The molecule has 0 bridgehead atoms. The molecule has 1 aromatic carbocycles. The summed E-state index contributed by atoms with van der Waals surface area (Å²) in [6, 6.07) is 7.21. The standard InChI is InChI=1S/C9H9ClO/c10-7-3-5-8-4-1-2-6-9(8)11/h1-4,6-7,11H,5H2. The quantitative estimate of drug-likeness (QED) is 0.720. The largest absolute Gasteiger partial charge is 0.508 e. The number of hydrogen-bond acceptors (Lipinski definition) is 1. The monoisotopic (exact) mass is 168 g/mol. The van der Waals surface area contributed by atoms with Gasteiger partial charge in [0, 0.05) is 5.54 Å². The topological polar surface area (TPSA) is 20.2 Å². The number of allylic oxidation sites excluding steroid dienone is 1. The van der Waals surface area contributed by atoms with E-state index in [0.29, 0.717) is 12.2 Å². The molecule has 0 radical (unpaired) electrons. The van der Waals surface area contributed by atoms with Gasteiger partial charge in [-0.2, -0.15) is 0 Å². The summed E-state index contributed by atoms with van der Waals surface area (Å²) in [7, 11) is 0. The van der Waals surface area contributed by atoms with E-state index in [-0.39, 0.29) is 0 Å². The lowest BCUT2D eigenvalue weighted by molar-refractivity contribution is 0.470. The maximum Gasteiger partial charge on any atom is 0.119 e. The van der Waals surface area contributed by atoms with Crippen molar-refractivity contribution in [3.05, 3.63) is 41.4 Å². The fourth-order valence-corrected chi connectivity index (χ4v) is 0.944. The van der Waals surface area contributed by atoms with Crippen molar-refractivity contribution in [3.8, 4) is 5.75 Å². The molecule has 1 nitrogen and oxygen atoms in total. The van der Waals surface area contributed by atoms with Crippen molar-refractivity contribution in [1.82, 2.24) is 0 Å². The first-order valence-corrected chi connectivity index (χ1v) is 3.80. The van der Waals surface area contributed by atoms with Crippen LogP contribution >= 0.6 is 11.6 Å². The molecule has 0 saturated heterocycles. The lowest BCUT2D eigenvalue weighted by Crippen LogP contribution is -1.79. The number of halogens is 1. The van der Waals surface area contributed by atoms with Crippen LogP contribution in [0.5, 0.6) is 5.75 Å². The van der Waals surface area contributed by atoms with Crippen molar-refractivity contribution in [1.29, 1.82) is 0 Å². The van der Waals surface area contributed by atoms with Crippen LogP contribution in [-0.2, 0) is 6.42 Å². The molecular weight excluding hydrogens is 160 g/mol. The summed E-state index contributed by atoms with van der Waals surface area (Å²) in [4.78, 5) is 0. The molecule has 0 aliphatic heterocycles. The third-order valence-corrected chi connectivity index (χ3v) is 1.60. The summed E-state index contributed by atoms with van der Waals surface area (Å²) in [5.74, 6) is 0.322. The molecule has 0 fully saturated rings. The maximum absolute atomic E-state index is 9.26. The van der Waals surface area contributed by atoms with Gasteiger partial charge in [-0.1, -0.05) is 35.9 Å². The summed E-state index contributed by atoms with van der Waals surface area (Å²) in [5.41, 5.74) is 2.34. The minimum absolute atomic E-state index is 0.322. The van der Waals surface area contributed by atoms with Crippen molar-refractivity contribution < 1.29 is 5.11 Å². The fraction of sp³-hybridized carbons (Fsp3) is 0.111. The van der Waals surface area contributed by atoms with Gasteiger partial charge >= 0.3 is 0 Å². The normalized spacial score (nSPS) is 10.6. The molecular formula is C9H9ClO. The highest BCUT2D eigenvalue weighted by Gasteiger charge is 1.94. The van der Waals surface area contributed by atoms with Gasteiger partial charge in [0.1, 0.15) is 5.75 Å². The summed E-state index contributed by atoms with van der Waals surface area (Å²) in [5, 5.41) is 9.26. The summed E-state index contributed by atoms with van der Waals surface area (Å²) >= 11 is 5.34.